The summed E-state index contributed by atoms with van der Waals surface area (Å²) in [6.07, 6.45) is 3.96. The number of ether oxygens (including phenoxy) is 1. The SMILES string of the molecule is CC(C)Oc1cccc(CNC(C)c2cn[nH]c2)c1. The molecule has 1 aromatic heterocycles. The predicted molar refractivity (Wildman–Crippen MR) is 76.0 cm³/mol. The fourth-order valence-electron chi connectivity index (χ4n) is 1.89. The Hall–Kier alpha value is -1.81. The van der Waals surface area contributed by atoms with Crippen LogP contribution in [-0.4, -0.2) is 16.3 Å². The zero-order chi connectivity index (χ0) is 13.7. The van der Waals surface area contributed by atoms with Gasteiger partial charge in [-0.1, -0.05) is 12.1 Å². The van der Waals surface area contributed by atoms with Crippen LogP contribution in [0, 0.1) is 0 Å². The van der Waals surface area contributed by atoms with Crippen molar-refractivity contribution in [2.24, 2.45) is 0 Å². The molecular weight excluding hydrogens is 238 g/mol. The molecule has 1 aromatic carbocycles. The first-order chi connectivity index (χ1) is 9.15. The second-order valence-electron chi connectivity index (χ2n) is 4.95. The van der Waals surface area contributed by atoms with Crippen LogP contribution in [0.5, 0.6) is 5.75 Å². The molecule has 1 unspecified atom stereocenters. The van der Waals surface area contributed by atoms with Crippen molar-refractivity contribution in [2.45, 2.75) is 39.5 Å². The minimum Gasteiger partial charge on any atom is -0.491 e. The lowest BCUT2D eigenvalue weighted by Gasteiger charge is -2.14. The largest absolute Gasteiger partial charge is 0.491 e. The first kappa shape index (κ1) is 13.6. The van der Waals surface area contributed by atoms with Gasteiger partial charge in [0, 0.05) is 24.3 Å². The third-order valence-corrected chi connectivity index (χ3v) is 2.90. The number of nitrogens with zero attached hydrogens (tertiary/aromatic N) is 1. The van der Waals surface area contributed by atoms with Gasteiger partial charge in [-0.2, -0.15) is 5.10 Å². The summed E-state index contributed by atoms with van der Waals surface area (Å²) in [7, 11) is 0. The lowest BCUT2D eigenvalue weighted by molar-refractivity contribution is 0.242. The molecule has 2 rings (SSSR count). The highest BCUT2D eigenvalue weighted by Gasteiger charge is 2.06. The van der Waals surface area contributed by atoms with Crippen LogP contribution in [-0.2, 0) is 6.54 Å². The molecule has 0 aliphatic heterocycles. The highest BCUT2D eigenvalue weighted by atomic mass is 16.5. The number of H-pyrrole nitrogens is 1. The van der Waals surface area contributed by atoms with Crippen molar-refractivity contribution in [3.05, 3.63) is 47.8 Å². The van der Waals surface area contributed by atoms with Gasteiger partial charge in [0.15, 0.2) is 0 Å². The van der Waals surface area contributed by atoms with Gasteiger partial charge in [-0.25, -0.2) is 0 Å². The number of rotatable bonds is 6. The Morgan fingerprint density at radius 2 is 2.16 bits per heavy atom. The molecule has 0 radical (unpaired) electrons. The molecule has 4 heteroatoms. The van der Waals surface area contributed by atoms with Gasteiger partial charge in [-0.05, 0) is 38.5 Å². The molecule has 0 aliphatic rings. The Bertz CT molecular complexity index is 494. The Balaban J connectivity index is 1.92. The van der Waals surface area contributed by atoms with E-state index in [4.69, 9.17) is 4.74 Å². The molecule has 19 heavy (non-hydrogen) atoms. The number of benzene rings is 1. The van der Waals surface area contributed by atoms with E-state index in [1.807, 2.05) is 38.4 Å². The summed E-state index contributed by atoms with van der Waals surface area (Å²) in [6.45, 7) is 7.00. The van der Waals surface area contributed by atoms with E-state index in [1.165, 1.54) is 5.56 Å². The van der Waals surface area contributed by atoms with Crippen molar-refractivity contribution in [2.75, 3.05) is 0 Å². The third-order valence-electron chi connectivity index (χ3n) is 2.90. The second-order valence-corrected chi connectivity index (χ2v) is 4.95. The molecule has 0 fully saturated rings. The Labute approximate surface area is 114 Å². The molecule has 1 heterocycles. The van der Waals surface area contributed by atoms with E-state index < -0.39 is 0 Å². The molecule has 1 atom stereocenters. The molecule has 0 amide bonds. The third kappa shape index (κ3) is 4.10. The van der Waals surface area contributed by atoms with E-state index in [1.54, 1.807) is 0 Å². The quantitative estimate of drug-likeness (QED) is 0.838. The predicted octanol–water partition coefficient (Wildman–Crippen LogP) is 3.05. The Kier molecular flexibility index (Phi) is 4.58. The van der Waals surface area contributed by atoms with Gasteiger partial charge >= 0.3 is 0 Å². The van der Waals surface area contributed by atoms with Gasteiger partial charge in [0.05, 0.1) is 12.3 Å². The van der Waals surface area contributed by atoms with Gasteiger partial charge in [-0.15, -0.1) is 0 Å². The molecule has 0 saturated carbocycles. The minimum atomic E-state index is 0.202. The maximum absolute atomic E-state index is 5.69. The van der Waals surface area contributed by atoms with Crippen molar-refractivity contribution in [1.29, 1.82) is 0 Å². The summed E-state index contributed by atoms with van der Waals surface area (Å²) in [4.78, 5) is 0. The molecular formula is C15H21N3O. The van der Waals surface area contributed by atoms with Gasteiger partial charge in [0.25, 0.3) is 0 Å². The summed E-state index contributed by atoms with van der Waals surface area (Å²) in [5.41, 5.74) is 2.38. The normalized spacial score (nSPS) is 12.6. The standard InChI is InChI=1S/C15H21N3O/c1-11(2)19-15-6-4-5-13(7-15)8-16-12(3)14-9-17-18-10-14/h4-7,9-12,16H,8H2,1-3H3,(H,17,18). The highest BCUT2D eigenvalue weighted by molar-refractivity contribution is 5.28. The van der Waals surface area contributed by atoms with Crippen LogP contribution in [0.1, 0.15) is 37.9 Å². The first-order valence-corrected chi connectivity index (χ1v) is 6.63. The lowest BCUT2D eigenvalue weighted by atomic mass is 10.1. The van der Waals surface area contributed by atoms with E-state index in [-0.39, 0.29) is 12.1 Å². The zero-order valence-electron chi connectivity index (χ0n) is 11.7. The van der Waals surface area contributed by atoms with E-state index in [0.717, 1.165) is 17.9 Å². The van der Waals surface area contributed by atoms with Crippen molar-refractivity contribution < 1.29 is 4.74 Å². The Morgan fingerprint density at radius 1 is 1.32 bits per heavy atom. The van der Waals surface area contributed by atoms with Gasteiger partial charge in [0.2, 0.25) is 0 Å². The molecule has 2 aromatic rings. The molecule has 4 nitrogen and oxygen atoms in total. The number of aromatic amines is 1. The van der Waals surface area contributed by atoms with Crippen molar-refractivity contribution in [3.8, 4) is 5.75 Å². The number of nitrogens with one attached hydrogen (secondary N) is 2. The summed E-state index contributed by atoms with van der Waals surface area (Å²) >= 11 is 0. The van der Waals surface area contributed by atoms with E-state index >= 15 is 0 Å². The monoisotopic (exact) mass is 259 g/mol. The van der Waals surface area contributed by atoms with Crippen molar-refractivity contribution in [1.82, 2.24) is 15.5 Å². The van der Waals surface area contributed by atoms with Crippen LogP contribution < -0.4 is 10.1 Å². The van der Waals surface area contributed by atoms with Crippen LogP contribution in [0.15, 0.2) is 36.7 Å². The fraction of sp³-hybridized carbons (Fsp3) is 0.400. The maximum Gasteiger partial charge on any atom is 0.120 e. The number of hydrogen-bond donors (Lipinski definition) is 2. The smallest absolute Gasteiger partial charge is 0.120 e. The molecule has 0 aliphatic carbocycles. The average molecular weight is 259 g/mol. The van der Waals surface area contributed by atoms with Gasteiger partial charge in [-0.3, -0.25) is 5.10 Å². The van der Waals surface area contributed by atoms with Gasteiger partial charge < -0.3 is 10.1 Å². The Morgan fingerprint density at radius 3 is 2.84 bits per heavy atom. The summed E-state index contributed by atoms with van der Waals surface area (Å²) < 4.78 is 5.69. The summed E-state index contributed by atoms with van der Waals surface area (Å²) in [5.74, 6) is 0.922. The maximum atomic E-state index is 5.69. The van der Waals surface area contributed by atoms with Crippen LogP contribution in [0.2, 0.25) is 0 Å². The van der Waals surface area contributed by atoms with E-state index in [0.29, 0.717) is 0 Å². The molecule has 0 bridgehead atoms. The summed E-state index contributed by atoms with van der Waals surface area (Å²) in [5, 5.41) is 10.3. The van der Waals surface area contributed by atoms with Crippen LogP contribution >= 0.6 is 0 Å². The van der Waals surface area contributed by atoms with E-state index in [2.05, 4.69) is 34.6 Å². The lowest BCUT2D eigenvalue weighted by Crippen LogP contribution is -2.17. The number of hydrogen-bond acceptors (Lipinski definition) is 3. The van der Waals surface area contributed by atoms with Crippen molar-refractivity contribution in [3.63, 3.8) is 0 Å². The molecule has 2 N–H and O–H groups in total. The molecule has 0 spiro atoms. The fourth-order valence-corrected chi connectivity index (χ4v) is 1.89. The first-order valence-electron chi connectivity index (χ1n) is 6.63. The van der Waals surface area contributed by atoms with E-state index in [9.17, 15) is 0 Å². The van der Waals surface area contributed by atoms with Crippen molar-refractivity contribution >= 4 is 0 Å². The molecule has 0 saturated heterocycles. The summed E-state index contributed by atoms with van der Waals surface area (Å²) in [6, 6.07) is 8.46. The topological polar surface area (TPSA) is 49.9 Å². The zero-order valence-corrected chi connectivity index (χ0v) is 11.7. The van der Waals surface area contributed by atoms with Crippen LogP contribution in [0.3, 0.4) is 0 Å². The van der Waals surface area contributed by atoms with Gasteiger partial charge in [0.1, 0.15) is 5.75 Å². The minimum absolute atomic E-state index is 0.202. The van der Waals surface area contributed by atoms with Crippen LogP contribution in [0.4, 0.5) is 0 Å². The highest BCUT2D eigenvalue weighted by Crippen LogP contribution is 2.16. The number of aromatic nitrogens is 2. The molecule has 102 valence electrons. The second kappa shape index (κ2) is 6.38. The van der Waals surface area contributed by atoms with Crippen LogP contribution in [0.25, 0.3) is 0 Å². The average Bonchev–Trinajstić information content (AvgIpc) is 2.89.